The first-order valence-electron chi connectivity index (χ1n) is 7.93. The molecule has 1 unspecified atom stereocenters. The summed E-state index contributed by atoms with van der Waals surface area (Å²) in [6.07, 6.45) is 1.14. The molecule has 118 valence electrons. The van der Waals surface area contributed by atoms with Crippen LogP contribution in [0.4, 0.5) is 0 Å². The van der Waals surface area contributed by atoms with Gasteiger partial charge in [0.25, 0.3) is 0 Å². The van der Waals surface area contributed by atoms with E-state index in [0.717, 1.165) is 31.8 Å². The molecule has 1 aromatic carbocycles. The number of nitrogens with zero attached hydrogens (tertiary/aromatic N) is 1. The Labute approximate surface area is 129 Å². The van der Waals surface area contributed by atoms with Crippen molar-refractivity contribution in [3.05, 3.63) is 29.3 Å². The topological polar surface area (TPSA) is 24.5 Å². The molecule has 2 rings (SSSR count). The summed E-state index contributed by atoms with van der Waals surface area (Å²) in [6, 6.07) is 6.44. The quantitative estimate of drug-likeness (QED) is 0.920. The lowest BCUT2D eigenvalue weighted by Gasteiger charge is -2.51. The highest BCUT2D eigenvalue weighted by Crippen LogP contribution is 2.30. The van der Waals surface area contributed by atoms with Gasteiger partial charge in [-0.15, -0.1) is 0 Å². The van der Waals surface area contributed by atoms with Crippen LogP contribution in [0.5, 0.6) is 5.75 Å². The van der Waals surface area contributed by atoms with Crippen LogP contribution in [0.25, 0.3) is 0 Å². The summed E-state index contributed by atoms with van der Waals surface area (Å²) < 4.78 is 5.55. The minimum atomic E-state index is 0.156. The van der Waals surface area contributed by atoms with Gasteiger partial charge in [-0.1, -0.05) is 24.6 Å². The molecule has 0 aromatic heterocycles. The molecule has 0 amide bonds. The summed E-state index contributed by atoms with van der Waals surface area (Å²) in [7, 11) is 1.76. The van der Waals surface area contributed by atoms with Crippen molar-refractivity contribution >= 4 is 0 Å². The number of hydrogen-bond acceptors (Lipinski definition) is 3. The Morgan fingerprint density at radius 3 is 2.62 bits per heavy atom. The molecule has 3 heteroatoms. The molecule has 1 aliphatic heterocycles. The molecule has 0 radical (unpaired) electrons. The lowest BCUT2D eigenvalue weighted by molar-refractivity contribution is 0.0241. The standard InChI is InChI=1S/C18H30N2O/c1-7-18(5)13-20(17(3,4)12-19-18)11-15-10-14(2)8-9-16(15)21-6/h8-10,19H,7,11-13H2,1-6H3. The highest BCUT2D eigenvalue weighted by atomic mass is 16.5. The van der Waals surface area contributed by atoms with E-state index in [1.54, 1.807) is 7.11 Å². The van der Waals surface area contributed by atoms with Gasteiger partial charge >= 0.3 is 0 Å². The average Bonchev–Trinajstić information content (AvgIpc) is 2.44. The smallest absolute Gasteiger partial charge is 0.123 e. The van der Waals surface area contributed by atoms with E-state index in [-0.39, 0.29) is 11.1 Å². The van der Waals surface area contributed by atoms with Crippen molar-refractivity contribution in [1.82, 2.24) is 10.2 Å². The zero-order chi connectivity index (χ0) is 15.7. The summed E-state index contributed by atoms with van der Waals surface area (Å²) in [5.74, 6) is 0.994. The number of piperazine rings is 1. The van der Waals surface area contributed by atoms with Crippen LogP contribution in [0.2, 0.25) is 0 Å². The first-order valence-corrected chi connectivity index (χ1v) is 7.93. The molecular formula is C18H30N2O. The van der Waals surface area contributed by atoms with E-state index in [9.17, 15) is 0 Å². The van der Waals surface area contributed by atoms with Crippen LogP contribution in [0, 0.1) is 6.92 Å². The molecule has 1 N–H and O–H groups in total. The largest absolute Gasteiger partial charge is 0.496 e. The molecule has 1 aromatic rings. The number of aryl methyl sites for hydroxylation is 1. The Kier molecular flexibility index (Phi) is 4.64. The first-order chi connectivity index (χ1) is 9.79. The maximum Gasteiger partial charge on any atom is 0.123 e. The Balaban J connectivity index is 2.25. The normalized spacial score (nSPS) is 25.8. The lowest BCUT2D eigenvalue weighted by atomic mass is 9.88. The van der Waals surface area contributed by atoms with Crippen molar-refractivity contribution in [3.8, 4) is 5.75 Å². The lowest BCUT2D eigenvalue weighted by Crippen LogP contribution is -2.66. The number of rotatable bonds is 4. The molecule has 21 heavy (non-hydrogen) atoms. The van der Waals surface area contributed by atoms with Crippen molar-refractivity contribution in [1.29, 1.82) is 0 Å². The van der Waals surface area contributed by atoms with Gasteiger partial charge in [0.05, 0.1) is 7.11 Å². The molecule has 0 aliphatic carbocycles. The fourth-order valence-corrected chi connectivity index (χ4v) is 2.98. The molecule has 0 saturated carbocycles. The molecule has 0 bridgehead atoms. The van der Waals surface area contributed by atoms with E-state index in [0.29, 0.717) is 0 Å². The maximum absolute atomic E-state index is 5.55. The second kappa shape index (κ2) is 5.98. The van der Waals surface area contributed by atoms with Gasteiger partial charge in [0, 0.05) is 36.3 Å². The van der Waals surface area contributed by atoms with Crippen molar-refractivity contribution in [3.63, 3.8) is 0 Å². The van der Waals surface area contributed by atoms with Crippen LogP contribution >= 0.6 is 0 Å². The van der Waals surface area contributed by atoms with E-state index < -0.39 is 0 Å². The number of nitrogens with one attached hydrogen (secondary N) is 1. The number of hydrogen-bond donors (Lipinski definition) is 1. The van der Waals surface area contributed by atoms with Crippen LogP contribution in [0.1, 0.15) is 45.2 Å². The summed E-state index contributed by atoms with van der Waals surface area (Å²) in [6.45, 7) is 14.4. The van der Waals surface area contributed by atoms with Gasteiger partial charge in [0.15, 0.2) is 0 Å². The molecule has 1 heterocycles. The second-order valence-corrected chi connectivity index (χ2v) is 7.25. The SMILES string of the molecule is CCC1(C)CN(Cc2cc(C)ccc2OC)C(C)(C)CN1. The Morgan fingerprint density at radius 1 is 1.29 bits per heavy atom. The van der Waals surface area contributed by atoms with Gasteiger partial charge in [0.1, 0.15) is 5.75 Å². The average molecular weight is 290 g/mol. The molecule has 1 fully saturated rings. The predicted molar refractivity (Wildman–Crippen MR) is 88.9 cm³/mol. The molecular weight excluding hydrogens is 260 g/mol. The molecule has 1 aliphatic rings. The van der Waals surface area contributed by atoms with Crippen LogP contribution in [-0.4, -0.2) is 36.2 Å². The minimum absolute atomic E-state index is 0.156. The Hall–Kier alpha value is -1.06. The van der Waals surface area contributed by atoms with Crippen molar-refractivity contribution in [2.24, 2.45) is 0 Å². The molecule has 1 atom stereocenters. The third-order valence-electron chi connectivity index (χ3n) is 4.92. The molecule has 1 saturated heterocycles. The maximum atomic E-state index is 5.55. The Morgan fingerprint density at radius 2 is 2.00 bits per heavy atom. The minimum Gasteiger partial charge on any atom is -0.496 e. The summed E-state index contributed by atoms with van der Waals surface area (Å²) >= 11 is 0. The van der Waals surface area contributed by atoms with Crippen LogP contribution in [0.15, 0.2) is 18.2 Å². The third kappa shape index (κ3) is 3.58. The van der Waals surface area contributed by atoms with E-state index in [4.69, 9.17) is 4.74 Å². The first kappa shape index (κ1) is 16.3. The fourth-order valence-electron chi connectivity index (χ4n) is 2.98. The van der Waals surface area contributed by atoms with Crippen LogP contribution in [-0.2, 0) is 6.54 Å². The number of benzene rings is 1. The van der Waals surface area contributed by atoms with Crippen LogP contribution < -0.4 is 10.1 Å². The van der Waals surface area contributed by atoms with E-state index in [2.05, 4.69) is 63.0 Å². The molecule has 0 spiro atoms. The summed E-state index contributed by atoms with van der Waals surface area (Å²) in [4.78, 5) is 2.59. The Bertz CT molecular complexity index is 498. The van der Waals surface area contributed by atoms with Gasteiger partial charge in [-0.2, -0.15) is 0 Å². The number of ether oxygens (including phenoxy) is 1. The summed E-state index contributed by atoms with van der Waals surface area (Å²) in [5.41, 5.74) is 2.93. The van der Waals surface area contributed by atoms with E-state index in [1.165, 1.54) is 11.1 Å². The number of methoxy groups -OCH3 is 1. The van der Waals surface area contributed by atoms with Gasteiger partial charge < -0.3 is 10.1 Å². The van der Waals surface area contributed by atoms with Gasteiger partial charge in [-0.05, 0) is 40.2 Å². The highest BCUT2D eigenvalue weighted by molar-refractivity contribution is 5.37. The van der Waals surface area contributed by atoms with Gasteiger partial charge in [0.2, 0.25) is 0 Å². The zero-order valence-corrected chi connectivity index (χ0v) is 14.4. The van der Waals surface area contributed by atoms with Gasteiger partial charge in [-0.25, -0.2) is 0 Å². The van der Waals surface area contributed by atoms with Crippen molar-refractivity contribution < 1.29 is 4.74 Å². The highest BCUT2D eigenvalue weighted by Gasteiger charge is 2.39. The third-order valence-corrected chi connectivity index (χ3v) is 4.92. The fraction of sp³-hybridized carbons (Fsp3) is 0.667. The van der Waals surface area contributed by atoms with Crippen LogP contribution in [0.3, 0.4) is 0 Å². The van der Waals surface area contributed by atoms with Crippen molar-refractivity contribution in [2.45, 2.75) is 58.7 Å². The van der Waals surface area contributed by atoms with Gasteiger partial charge in [-0.3, -0.25) is 4.90 Å². The second-order valence-electron chi connectivity index (χ2n) is 7.25. The predicted octanol–water partition coefficient (Wildman–Crippen LogP) is 3.36. The van der Waals surface area contributed by atoms with Crippen molar-refractivity contribution in [2.75, 3.05) is 20.2 Å². The monoisotopic (exact) mass is 290 g/mol. The molecule has 3 nitrogen and oxygen atoms in total. The van der Waals surface area contributed by atoms with E-state index >= 15 is 0 Å². The summed E-state index contributed by atoms with van der Waals surface area (Å²) in [5, 5.41) is 3.72. The van der Waals surface area contributed by atoms with E-state index in [1.807, 2.05) is 0 Å². The zero-order valence-electron chi connectivity index (χ0n) is 14.4.